The van der Waals surface area contributed by atoms with Crippen molar-refractivity contribution in [2.24, 2.45) is 5.92 Å². The van der Waals surface area contributed by atoms with Crippen LogP contribution in [0.1, 0.15) is 48.6 Å². The van der Waals surface area contributed by atoms with E-state index in [0.717, 1.165) is 39.0 Å². The highest BCUT2D eigenvalue weighted by Gasteiger charge is 2.46. The van der Waals surface area contributed by atoms with Crippen LogP contribution in [0.2, 0.25) is 0 Å². The summed E-state index contributed by atoms with van der Waals surface area (Å²) in [6, 6.07) is 7.89. The number of carbonyl (C=O) groups excluding carboxylic acids is 1. The van der Waals surface area contributed by atoms with Crippen LogP contribution in [0.15, 0.2) is 24.3 Å². The fraction of sp³-hybridized carbons (Fsp3) is 0.421. The summed E-state index contributed by atoms with van der Waals surface area (Å²) in [5.74, 6) is 1.07. The molecule has 1 aliphatic carbocycles. The van der Waals surface area contributed by atoms with Gasteiger partial charge in [-0.2, -0.15) is 0 Å². The Bertz CT molecular complexity index is 948. The molecule has 2 unspecified atom stereocenters. The Morgan fingerprint density at radius 2 is 2.23 bits per heavy atom. The molecule has 3 aromatic rings. The zero-order valence-corrected chi connectivity index (χ0v) is 15.9. The van der Waals surface area contributed by atoms with Crippen molar-refractivity contribution in [3.05, 3.63) is 40.7 Å². The van der Waals surface area contributed by atoms with Gasteiger partial charge in [-0.3, -0.25) is 4.79 Å². The van der Waals surface area contributed by atoms with Gasteiger partial charge in [-0.05, 0) is 51.5 Å². The molecular weight excluding hydrogens is 348 g/mol. The van der Waals surface area contributed by atoms with Gasteiger partial charge >= 0.3 is 0 Å². The average Bonchev–Trinajstić information content (AvgIpc) is 3.08. The number of imidazole rings is 1. The van der Waals surface area contributed by atoms with Crippen molar-refractivity contribution in [1.82, 2.24) is 20.3 Å². The van der Waals surface area contributed by atoms with Crippen LogP contribution in [0.4, 0.5) is 0 Å². The topological polar surface area (TPSA) is 79.9 Å². The number of fused-ring (bicyclic) bond motifs is 1. The van der Waals surface area contributed by atoms with Crippen molar-refractivity contribution >= 4 is 28.4 Å². The SMILES string of the molecule is CCOc1ccc([C@@H](C)NC(=O)C2CC2c2nc3nc(C)ccc3[nH]2)s1. The van der Waals surface area contributed by atoms with E-state index in [2.05, 4.69) is 20.3 Å². The molecule has 3 aromatic heterocycles. The number of hydrogen-bond donors (Lipinski definition) is 2. The summed E-state index contributed by atoms with van der Waals surface area (Å²) in [5.41, 5.74) is 2.59. The highest BCUT2D eigenvalue weighted by Crippen LogP contribution is 2.47. The number of nitrogens with one attached hydrogen (secondary N) is 2. The van der Waals surface area contributed by atoms with E-state index < -0.39 is 0 Å². The zero-order valence-electron chi connectivity index (χ0n) is 15.1. The first-order valence-corrected chi connectivity index (χ1v) is 9.73. The fourth-order valence-corrected chi connectivity index (χ4v) is 4.06. The smallest absolute Gasteiger partial charge is 0.224 e. The van der Waals surface area contributed by atoms with Crippen LogP contribution < -0.4 is 10.1 Å². The van der Waals surface area contributed by atoms with Crippen molar-refractivity contribution < 1.29 is 9.53 Å². The van der Waals surface area contributed by atoms with E-state index in [1.807, 2.05) is 45.0 Å². The van der Waals surface area contributed by atoms with Gasteiger partial charge in [0.1, 0.15) is 5.82 Å². The first-order valence-electron chi connectivity index (χ1n) is 8.91. The fourth-order valence-electron chi connectivity index (χ4n) is 3.15. The van der Waals surface area contributed by atoms with E-state index in [-0.39, 0.29) is 23.8 Å². The lowest BCUT2D eigenvalue weighted by Crippen LogP contribution is -2.28. The summed E-state index contributed by atoms with van der Waals surface area (Å²) in [4.78, 5) is 26.0. The lowest BCUT2D eigenvalue weighted by molar-refractivity contribution is -0.123. The van der Waals surface area contributed by atoms with Crippen LogP contribution in [0, 0.1) is 12.8 Å². The molecule has 0 spiro atoms. The Kier molecular flexibility index (Phi) is 4.40. The molecule has 0 bridgehead atoms. The van der Waals surface area contributed by atoms with Crippen LogP contribution in [0.5, 0.6) is 5.06 Å². The minimum Gasteiger partial charge on any atom is -0.484 e. The molecule has 1 amide bonds. The van der Waals surface area contributed by atoms with Gasteiger partial charge in [-0.15, -0.1) is 11.3 Å². The molecule has 3 heterocycles. The Hall–Kier alpha value is -2.41. The first kappa shape index (κ1) is 17.0. The molecule has 0 radical (unpaired) electrons. The summed E-state index contributed by atoms with van der Waals surface area (Å²) >= 11 is 1.58. The van der Waals surface area contributed by atoms with E-state index in [9.17, 15) is 4.79 Å². The third-order valence-electron chi connectivity index (χ3n) is 4.66. The highest BCUT2D eigenvalue weighted by molar-refractivity contribution is 7.13. The van der Waals surface area contributed by atoms with Gasteiger partial charge in [-0.1, -0.05) is 0 Å². The van der Waals surface area contributed by atoms with Crippen LogP contribution in [-0.2, 0) is 4.79 Å². The molecule has 0 aliphatic heterocycles. The molecule has 2 N–H and O–H groups in total. The van der Waals surface area contributed by atoms with Gasteiger partial charge in [-0.25, -0.2) is 9.97 Å². The Morgan fingerprint density at radius 1 is 1.38 bits per heavy atom. The van der Waals surface area contributed by atoms with E-state index >= 15 is 0 Å². The number of rotatable bonds is 6. The number of amides is 1. The minimum atomic E-state index is -0.0251. The van der Waals surface area contributed by atoms with Gasteiger partial charge in [0, 0.05) is 22.4 Å². The third kappa shape index (κ3) is 3.31. The Balaban J connectivity index is 1.39. The summed E-state index contributed by atoms with van der Waals surface area (Å²) in [6.07, 6.45) is 0.825. The Labute approximate surface area is 156 Å². The monoisotopic (exact) mass is 370 g/mol. The molecule has 0 aromatic carbocycles. The minimum absolute atomic E-state index is 0.0227. The lowest BCUT2D eigenvalue weighted by atomic mass is 10.2. The number of nitrogens with zero attached hydrogens (tertiary/aromatic N) is 2. The molecule has 6 nitrogen and oxygen atoms in total. The van der Waals surface area contributed by atoms with Crippen molar-refractivity contribution in [3.63, 3.8) is 0 Å². The second-order valence-electron chi connectivity index (χ2n) is 6.71. The van der Waals surface area contributed by atoms with Crippen LogP contribution in [0.25, 0.3) is 11.2 Å². The van der Waals surface area contributed by atoms with E-state index in [0.29, 0.717) is 6.61 Å². The quantitative estimate of drug-likeness (QED) is 0.693. The average molecular weight is 370 g/mol. The number of aromatic amines is 1. The number of aromatic nitrogens is 3. The molecule has 0 saturated heterocycles. The second kappa shape index (κ2) is 6.72. The maximum Gasteiger partial charge on any atom is 0.224 e. The molecule has 26 heavy (non-hydrogen) atoms. The zero-order chi connectivity index (χ0) is 18.3. The van der Waals surface area contributed by atoms with Gasteiger partial charge in [0.05, 0.1) is 18.2 Å². The predicted octanol–water partition coefficient (Wildman–Crippen LogP) is 3.71. The highest BCUT2D eigenvalue weighted by atomic mass is 32.1. The van der Waals surface area contributed by atoms with Gasteiger partial charge in [0.25, 0.3) is 0 Å². The van der Waals surface area contributed by atoms with Crippen LogP contribution >= 0.6 is 11.3 Å². The molecule has 4 rings (SSSR count). The largest absolute Gasteiger partial charge is 0.484 e. The molecule has 1 fully saturated rings. The van der Waals surface area contributed by atoms with Crippen molar-refractivity contribution in [2.75, 3.05) is 6.61 Å². The van der Waals surface area contributed by atoms with Crippen molar-refractivity contribution in [2.45, 2.75) is 39.2 Å². The Morgan fingerprint density at radius 3 is 3.04 bits per heavy atom. The second-order valence-corrected chi connectivity index (χ2v) is 7.79. The van der Waals surface area contributed by atoms with Gasteiger partial charge in [0.2, 0.25) is 5.91 Å². The van der Waals surface area contributed by atoms with E-state index in [1.165, 1.54) is 0 Å². The number of carbonyl (C=O) groups is 1. The number of pyridine rings is 1. The van der Waals surface area contributed by atoms with Gasteiger partial charge < -0.3 is 15.0 Å². The maximum atomic E-state index is 12.6. The summed E-state index contributed by atoms with van der Waals surface area (Å²) in [6.45, 7) is 6.57. The summed E-state index contributed by atoms with van der Waals surface area (Å²) in [7, 11) is 0. The molecule has 136 valence electrons. The number of hydrogen-bond acceptors (Lipinski definition) is 5. The maximum absolute atomic E-state index is 12.6. The number of H-pyrrole nitrogens is 1. The predicted molar refractivity (Wildman–Crippen MR) is 102 cm³/mol. The molecule has 1 aliphatic rings. The van der Waals surface area contributed by atoms with E-state index in [4.69, 9.17) is 4.74 Å². The van der Waals surface area contributed by atoms with Crippen molar-refractivity contribution in [1.29, 1.82) is 0 Å². The van der Waals surface area contributed by atoms with Gasteiger partial charge in [0.15, 0.2) is 10.7 Å². The number of ether oxygens (including phenoxy) is 1. The number of aryl methyl sites for hydroxylation is 1. The standard InChI is InChI=1S/C19H22N4O2S/c1-4-25-16-8-7-15(26-16)11(3)21-19(24)13-9-12(13)17-22-14-6-5-10(2)20-18(14)23-17/h5-8,11-13H,4,9H2,1-3H3,(H,21,24)(H,20,22,23)/t11-,12?,13?/m1/s1. The third-order valence-corrected chi connectivity index (χ3v) is 5.84. The molecule has 1 saturated carbocycles. The van der Waals surface area contributed by atoms with Crippen LogP contribution in [0.3, 0.4) is 0 Å². The lowest BCUT2D eigenvalue weighted by Gasteiger charge is -2.11. The normalized spacial score (nSPS) is 20.1. The summed E-state index contributed by atoms with van der Waals surface area (Å²) in [5, 5.41) is 4.00. The van der Waals surface area contributed by atoms with Crippen LogP contribution in [-0.4, -0.2) is 27.5 Å². The molecule has 3 atom stereocenters. The van der Waals surface area contributed by atoms with Crippen molar-refractivity contribution in [3.8, 4) is 5.06 Å². The van der Waals surface area contributed by atoms with E-state index in [1.54, 1.807) is 11.3 Å². The number of thiophene rings is 1. The molecule has 7 heteroatoms. The summed E-state index contributed by atoms with van der Waals surface area (Å²) < 4.78 is 5.50. The molecular formula is C19H22N4O2S. The first-order chi connectivity index (χ1) is 12.5.